The van der Waals surface area contributed by atoms with Crippen molar-refractivity contribution in [3.8, 4) is 11.5 Å². The summed E-state index contributed by atoms with van der Waals surface area (Å²) in [4.78, 5) is 13.5. The molecule has 2 atom stereocenters. The molecule has 3 aromatic rings. The molecule has 0 bridgehead atoms. The highest BCUT2D eigenvalue weighted by Gasteiger charge is 2.36. The molecule has 1 aliphatic heterocycles. The first-order chi connectivity index (χ1) is 15.5. The highest BCUT2D eigenvalue weighted by atomic mass is 19.1. The van der Waals surface area contributed by atoms with E-state index in [9.17, 15) is 14.3 Å². The van der Waals surface area contributed by atoms with Gasteiger partial charge in [0, 0.05) is 17.7 Å². The van der Waals surface area contributed by atoms with Gasteiger partial charge in [-0.3, -0.25) is 4.79 Å². The average Bonchev–Trinajstić information content (AvgIpc) is 2.97. The zero-order chi connectivity index (χ0) is 22.2. The van der Waals surface area contributed by atoms with E-state index in [0.29, 0.717) is 24.2 Å². The summed E-state index contributed by atoms with van der Waals surface area (Å²) in [5.41, 5.74) is 5.06. The number of hydrogen-bond acceptors (Lipinski definition) is 5. The molecule has 3 aromatic carbocycles. The van der Waals surface area contributed by atoms with Gasteiger partial charge in [0.2, 0.25) is 0 Å². The maximum Gasteiger partial charge on any atom is 0.163 e. The van der Waals surface area contributed by atoms with Crippen LogP contribution in [0, 0.1) is 5.82 Å². The Morgan fingerprint density at radius 3 is 2.44 bits per heavy atom. The number of aromatic hydroxyl groups is 1. The number of benzene rings is 3. The molecule has 162 valence electrons. The lowest BCUT2D eigenvalue weighted by Gasteiger charge is -2.30. The standard InChI is InChI=1S/C26H23FN2O3/c1-32-24-14-16(8-11-22(24)30)26-25-21(28-19-4-2-3-5-20(19)29-26)12-17(13-23(25)31)15-6-9-18(27)10-7-15/h2-11,14,17,26,28-30H,12-13H2,1H3. The molecule has 0 spiro atoms. The minimum atomic E-state index is -0.405. The van der Waals surface area contributed by atoms with E-state index in [1.807, 2.05) is 24.3 Å². The van der Waals surface area contributed by atoms with Gasteiger partial charge in [-0.25, -0.2) is 4.39 Å². The number of carbonyl (C=O) groups is 1. The van der Waals surface area contributed by atoms with Crippen molar-refractivity contribution in [3.05, 3.63) is 94.9 Å². The van der Waals surface area contributed by atoms with Crippen molar-refractivity contribution < 1.29 is 19.0 Å². The van der Waals surface area contributed by atoms with Crippen LogP contribution in [-0.4, -0.2) is 18.0 Å². The van der Waals surface area contributed by atoms with Gasteiger partial charge in [0.05, 0.1) is 24.5 Å². The molecule has 5 rings (SSSR count). The fraction of sp³-hybridized carbons (Fsp3) is 0.192. The fourth-order valence-corrected chi connectivity index (χ4v) is 4.59. The van der Waals surface area contributed by atoms with Crippen LogP contribution in [-0.2, 0) is 4.79 Å². The van der Waals surface area contributed by atoms with Crippen LogP contribution in [0.25, 0.3) is 0 Å². The zero-order valence-corrected chi connectivity index (χ0v) is 17.6. The molecule has 2 unspecified atom stereocenters. The maximum absolute atomic E-state index is 13.5. The Labute approximate surface area is 185 Å². The minimum absolute atomic E-state index is 0.0328. The van der Waals surface area contributed by atoms with E-state index in [0.717, 1.165) is 28.2 Å². The number of anilines is 2. The van der Waals surface area contributed by atoms with Gasteiger partial charge in [0.25, 0.3) is 0 Å². The first-order valence-corrected chi connectivity index (χ1v) is 10.5. The second-order valence-corrected chi connectivity index (χ2v) is 8.15. The van der Waals surface area contributed by atoms with E-state index in [4.69, 9.17) is 4.74 Å². The molecule has 6 heteroatoms. The Kier molecular flexibility index (Phi) is 5.05. The molecular weight excluding hydrogens is 407 g/mol. The number of ketones is 1. The number of allylic oxidation sites excluding steroid dienone is 1. The number of ether oxygens (including phenoxy) is 1. The second kappa shape index (κ2) is 8.04. The van der Waals surface area contributed by atoms with Gasteiger partial charge >= 0.3 is 0 Å². The molecule has 1 heterocycles. The van der Waals surface area contributed by atoms with E-state index in [1.165, 1.54) is 19.2 Å². The predicted octanol–water partition coefficient (Wildman–Crippen LogP) is 5.52. The molecule has 1 aliphatic carbocycles. The Bertz CT molecular complexity index is 1220. The highest BCUT2D eigenvalue weighted by Crippen LogP contribution is 2.45. The molecule has 0 aromatic heterocycles. The summed E-state index contributed by atoms with van der Waals surface area (Å²) in [6.45, 7) is 0. The molecular formula is C26H23FN2O3. The average molecular weight is 430 g/mol. The molecule has 32 heavy (non-hydrogen) atoms. The van der Waals surface area contributed by atoms with Crippen molar-refractivity contribution in [2.75, 3.05) is 17.7 Å². The van der Waals surface area contributed by atoms with Crippen molar-refractivity contribution in [1.82, 2.24) is 0 Å². The van der Waals surface area contributed by atoms with E-state index >= 15 is 0 Å². The van der Waals surface area contributed by atoms with Crippen LogP contribution in [0.5, 0.6) is 11.5 Å². The summed E-state index contributed by atoms with van der Waals surface area (Å²) in [5.74, 6) is 0.108. The normalized spacial score (nSPS) is 19.9. The molecule has 2 aliphatic rings. The summed E-state index contributed by atoms with van der Waals surface area (Å²) < 4.78 is 18.7. The topological polar surface area (TPSA) is 70.6 Å². The predicted molar refractivity (Wildman–Crippen MR) is 121 cm³/mol. The highest BCUT2D eigenvalue weighted by molar-refractivity contribution is 6.01. The second-order valence-electron chi connectivity index (χ2n) is 8.15. The maximum atomic E-state index is 13.5. The fourth-order valence-electron chi connectivity index (χ4n) is 4.59. The molecule has 0 amide bonds. The van der Waals surface area contributed by atoms with Gasteiger partial charge in [-0.05, 0) is 59.9 Å². The van der Waals surface area contributed by atoms with Crippen LogP contribution in [0.15, 0.2) is 78.0 Å². The van der Waals surface area contributed by atoms with Crippen molar-refractivity contribution in [2.24, 2.45) is 0 Å². The summed E-state index contributed by atoms with van der Waals surface area (Å²) in [5, 5.41) is 17.0. The number of para-hydroxylation sites is 2. The van der Waals surface area contributed by atoms with Crippen molar-refractivity contribution in [3.63, 3.8) is 0 Å². The Morgan fingerprint density at radius 2 is 1.69 bits per heavy atom. The third kappa shape index (κ3) is 3.58. The van der Waals surface area contributed by atoms with Crippen LogP contribution in [0.1, 0.15) is 35.9 Å². The first kappa shape index (κ1) is 20.1. The van der Waals surface area contributed by atoms with Crippen molar-refractivity contribution in [1.29, 1.82) is 0 Å². The lowest BCUT2D eigenvalue weighted by atomic mass is 9.78. The third-order valence-electron chi connectivity index (χ3n) is 6.19. The monoisotopic (exact) mass is 430 g/mol. The van der Waals surface area contributed by atoms with Crippen LogP contribution >= 0.6 is 0 Å². The summed E-state index contributed by atoms with van der Waals surface area (Å²) >= 11 is 0. The van der Waals surface area contributed by atoms with E-state index < -0.39 is 6.04 Å². The van der Waals surface area contributed by atoms with Gasteiger partial charge in [0.1, 0.15) is 5.82 Å². The van der Waals surface area contributed by atoms with Crippen LogP contribution in [0.4, 0.5) is 15.8 Å². The smallest absolute Gasteiger partial charge is 0.163 e. The molecule has 5 nitrogen and oxygen atoms in total. The number of halogens is 1. The Hall–Kier alpha value is -3.80. The van der Waals surface area contributed by atoms with Gasteiger partial charge in [-0.15, -0.1) is 0 Å². The van der Waals surface area contributed by atoms with Crippen molar-refractivity contribution in [2.45, 2.75) is 24.8 Å². The third-order valence-corrected chi connectivity index (χ3v) is 6.19. The largest absolute Gasteiger partial charge is 0.504 e. The number of nitrogens with one attached hydrogen (secondary N) is 2. The number of hydrogen-bond donors (Lipinski definition) is 3. The number of rotatable bonds is 3. The van der Waals surface area contributed by atoms with Gasteiger partial charge in [-0.1, -0.05) is 30.3 Å². The van der Waals surface area contributed by atoms with Gasteiger partial charge < -0.3 is 20.5 Å². The van der Waals surface area contributed by atoms with Crippen LogP contribution < -0.4 is 15.4 Å². The minimum Gasteiger partial charge on any atom is -0.504 e. The molecule has 0 saturated carbocycles. The quantitative estimate of drug-likeness (QED) is 0.510. The summed E-state index contributed by atoms with van der Waals surface area (Å²) in [6, 6.07) is 18.9. The SMILES string of the molecule is COc1cc(C2Nc3ccccc3NC3=C2C(=O)CC(c2ccc(F)cc2)C3)ccc1O. The molecule has 0 fully saturated rings. The number of fused-ring (bicyclic) bond motifs is 1. The summed E-state index contributed by atoms with van der Waals surface area (Å²) in [6.07, 6.45) is 0.977. The van der Waals surface area contributed by atoms with E-state index in [1.54, 1.807) is 30.3 Å². The molecule has 0 saturated heterocycles. The Morgan fingerprint density at radius 1 is 0.969 bits per heavy atom. The molecule has 0 radical (unpaired) electrons. The lowest BCUT2D eigenvalue weighted by Crippen LogP contribution is -2.26. The zero-order valence-electron chi connectivity index (χ0n) is 17.6. The van der Waals surface area contributed by atoms with E-state index in [2.05, 4.69) is 10.6 Å². The molecule has 3 N–H and O–H groups in total. The number of phenolic OH excluding ortho intramolecular Hbond substituents is 1. The Balaban J connectivity index is 1.61. The van der Waals surface area contributed by atoms with E-state index in [-0.39, 0.29) is 23.3 Å². The number of Topliss-reactive ketones (excluding diaryl/α,β-unsaturated/α-hetero) is 1. The summed E-state index contributed by atoms with van der Waals surface area (Å²) in [7, 11) is 1.50. The van der Waals surface area contributed by atoms with Gasteiger partial charge in [0.15, 0.2) is 17.3 Å². The van der Waals surface area contributed by atoms with Crippen LogP contribution in [0.3, 0.4) is 0 Å². The van der Waals surface area contributed by atoms with Gasteiger partial charge in [-0.2, -0.15) is 0 Å². The number of methoxy groups -OCH3 is 1. The number of phenols is 1. The van der Waals surface area contributed by atoms with Crippen LogP contribution in [0.2, 0.25) is 0 Å². The number of carbonyl (C=O) groups excluding carboxylic acids is 1. The lowest BCUT2D eigenvalue weighted by molar-refractivity contribution is -0.116. The van der Waals surface area contributed by atoms with Crippen molar-refractivity contribution >= 4 is 17.2 Å². The first-order valence-electron chi connectivity index (χ1n) is 10.5.